The molecule has 2 saturated heterocycles. The molecule has 0 bridgehead atoms. The van der Waals surface area contributed by atoms with Crippen molar-refractivity contribution in [3.8, 4) is 44.9 Å². The zero-order chi connectivity index (χ0) is 33.6. The first kappa shape index (κ1) is 33.8. The second-order valence-electron chi connectivity index (χ2n) is 12.3. The molecule has 2 heterocycles. The molecular weight excluding hydrogens is 647 g/mol. The number of amides is 2. The molecule has 0 aromatic heterocycles. The van der Waals surface area contributed by atoms with Crippen LogP contribution >= 0.6 is 23.2 Å². The fourth-order valence-electron chi connectivity index (χ4n) is 6.47. The van der Waals surface area contributed by atoms with Crippen LogP contribution in [0.15, 0.2) is 72.8 Å². The number of methoxy groups -OCH3 is 2. The first-order valence-corrected chi connectivity index (χ1v) is 17.0. The highest BCUT2D eigenvalue weighted by Crippen LogP contribution is 2.43. The number of nitrogens with one attached hydrogen (secondary N) is 4. The molecule has 0 radical (unpaired) electrons. The predicted octanol–water partition coefficient (Wildman–Crippen LogP) is 6.75. The highest BCUT2D eigenvalue weighted by atomic mass is 35.5. The monoisotopic (exact) mass is 686 g/mol. The summed E-state index contributed by atoms with van der Waals surface area (Å²) in [5, 5.41) is 14.0. The quantitative estimate of drug-likeness (QED) is 0.124. The van der Waals surface area contributed by atoms with Crippen LogP contribution in [0.1, 0.15) is 36.8 Å². The third-order valence-electron chi connectivity index (χ3n) is 9.07. The first-order valence-electron chi connectivity index (χ1n) is 16.3. The van der Waals surface area contributed by atoms with Gasteiger partial charge in [0.2, 0.25) is 11.8 Å². The lowest BCUT2D eigenvalue weighted by Crippen LogP contribution is -2.35. The zero-order valence-electron chi connectivity index (χ0n) is 27.1. The van der Waals surface area contributed by atoms with E-state index in [2.05, 4.69) is 21.3 Å². The van der Waals surface area contributed by atoms with Gasteiger partial charge in [-0.05, 0) is 36.1 Å². The van der Waals surface area contributed by atoms with Gasteiger partial charge in [0.15, 0.2) is 0 Å². The van der Waals surface area contributed by atoms with E-state index < -0.39 is 0 Å². The molecule has 2 unspecified atom stereocenters. The summed E-state index contributed by atoms with van der Waals surface area (Å²) in [6.07, 6.45) is 2.88. The summed E-state index contributed by atoms with van der Waals surface area (Å²) in [6, 6.07) is 24.5. The lowest BCUT2D eigenvalue weighted by molar-refractivity contribution is -0.120. The smallest absolute Gasteiger partial charge is 0.220 e. The summed E-state index contributed by atoms with van der Waals surface area (Å²) in [4.78, 5) is 23.0. The van der Waals surface area contributed by atoms with Crippen LogP contribution in [0.2, 0.25) is 10.0 Å². The molecule has 2 aliphatic rings. The molecule has 0 aliphatic carbocycles. The Hall–Kier alpha value is -4.08. The van der Waals surface area contributed by atoms with Gasteiger partial charge >= 0.3 is 0 Å². The molecule has 10 heteroatoms. The Morgan fingerprint density at radius 3 is 1.44 bits per heavy atom. The maximum Gasteiger partial charge on any atom is 0.220 e. The average Bonchev–Trinajstić information content (AvgIpc) is 3.72. The second kappa shape index (κ2) is 15.4. The number of hydrogen-bond donors (Lipinski definition) is 4. The zero-order valence-corrected chi connectivity index (χ0v) is 28.6. The van der Waals surface area contributed by atoms with Gasteiger partial charge < -0.3 is 30.7 Å². The van der Waals surface area contributed by atoms with E-state index in [1.54, 1.807) is 14.2 Å². The Labute approximate surface area is 291 Å². The number of hydrogen-bond acceptors (Lipinski definition) is 6. The summed E-state index contributed by atoms with van der Waals surface area (Å²) >= 11 is 14.3. The van der Waals surface area contributed by atoms with E-state index in [9.17, 15) is 9.59 Å². The molecule has 2 aliphatic heterocycles. The predicted molar refractivity (Wildman–Crippen MR) is 192 cm³/mol. The van der Waals surface area contributed by atoms with Crippen LogP contribution in [-0.2, 0) is 22.7 Å². The number of carbonyl (C=O) groups is 2. The van der Waals surface area contributed by atoms with Crippen molar-refractivity contribution in [1.82, 2.24) is 21.3 Å². The molecule has 2 amide bonds. The summed E-state index contributed by atoms with van der Waals surface area (Å²) in [6.45, 7) is 2.66. The van der Waals surface area contributed by atoms with Crippen LogP contribution in [0.25, 0.3) is 33.4 Å². The van der Waals surface area contributed by atoms with E-state index in [4.69, 9.17) is 32.7 Å². The molecule has 250 valence electrons. The Balaban J connectivity index is 1.20. The van der Waals surface area contributed by atoms with Crippen molar-refractivity contribution in [1.29, 1.82) is 0 Å². The van der Waals surface area contributed by atoms with Gasteiger partial charge in [0.05, 0.1) is 24.3 Å². The molecular formula is C38H40Cl2N4O4. The minimum Gasteiger partial charge on any atom is -0.496 e. The van der Waals surface area contributed by atoms with Crippen LogP contribution in [0.5, 0.6) is 11.5 Å². The normalized spacial score (nSPS) is 17.3. The second-order valence-corrected chi connectivity index (χ2v) is 13.0. The molecule has 0 spiro atoms. The van der Waals surface area contributed by atoms with Crippen molar-refractivity contribution in [2.45, 2.75) is 50.9 Å². The number of carbonyl (C=O) groups excluding carboxylic acids is 2. The van der Waals surface area contributed by atoms with Crippen molar-refractivity contribution in [3.05, 3.63) is 94.0 Å². The Kier molecular flexibility index (Phi) is 10.9. The Morgan fingerprint density at radius 2 is 1.06 bits per heavy atom. The SMILES string of the molecule is COc1cc(-c2cccc(-c3cccc(-c4ccc(CNCC5CCC(=O)N5)c(OC)c4)c3Cl)c2Cl)ccc1CNCC1CCC(=O)N1. The topological polar surface area (TPSA) is 101 Å². The molecule has 4 aromatic carbocycles. The Bertz CT molecular complexity index is 1680. The van der Waals surface area contributed by atoms with E-state index >= 15 is 0 Å². The van der Waals surface area contributed by atoms with Gasteiger partial charge in [-0.3, -0.25) is 9.59 Å². The van der Waals surface area contributed by atoms with Crippen molar-refractivity contribution in [2.24, 2.45) is 0 Å². The van der Waals surface area contributed by atoms with Gasteiger partial charge in [-0.25, -0.2) is 0 Å². The van der Waals surface area contributed by atoms with Crippen LogP contribution in [0, 0.1) is 0 Å². The molecule has 4 N–H and O–H groups in total. The molecule has 2 atom stereocenters. The molecule has 0 saturated carbocycles. The fraction of sp³-hybridized carbons (Fsp3) is 0.316. The van der Waals surface area contributed by atoms with Crippen LogP contribution in [-0.4, -0.2) is 51.2 Å². The number of rotatable bonds is 13. The van der Waals surface area contributed by atoms with E-state index in [1.807, 2.05) is 72.8 Å². The van der Waals surface area contributed by atoms with Gasteiger partial charge in [-0.1, -0.05) is 83.9 Å². The highest BCUT2D eigenvalue weighted by molar-refractivity contribution is 6.39. The van der Waals surface area contributed by atoms with E-state index in [0.29, 0.717) is 49.1 Å². The van der Waals surface area contributed by atoms with Crippen molar-refractivity contribution >= 4 is 35.0 Å². The molecule has 8 nitrogen and oxygen atoms in total. The van der Waals surface area contributed by atoms with E-state index in [-0.39, 0.29) is 23.9 Å². The number of ether oxygens (including phenoxy) is 2. The maximum absolute atomic E-state index is 11.5. The summed E-state index contributed by atoms with van der Waals surface area (Å²) in [7, 11) is 3.33. The molecule has 6 rings (SSSR count). The minimum atomic E-state index is 0.114. The fourth-order valence-corrected chi connectivity index (χ4v) is 7.14. The summed E-state index contributed by atoms with van der Waals surface area (Å²) in [5.41, 5.74) is 7.31. The average molecular weight is 688 g/mol. The van der Waals surface area contributed by atoms with Crippen LogP contribution in [0.3, 0.4) is 0 Å². The van der Waals surface area contributed by atoms with Crippen LogP contribution < -0.4 is 30.7 Å². The van der Waals surface area contributed by atoms with Gasteiger partial charge in [0, 0.05) is 84.5 Å². The molecule has 48 heavy (non-hydrogen) atoms. The lowest BCUT2D eigenvalue weighted by atomic mass is 9.95. The molecule has 4 aromatic rings. The van der Waals surface area contributed by atoms with Crippen LogP contribution in [0.4, 0.5) is 0 Å². The van der Waals surface area contributed by atoms with Crippen molar-refractivity contribution in [2.75, 3.05) is 27.3 Å². The van der Waals surface area contributed by atoms with Gasteiger partial charge in [0.25, 0.3) is 0 Å². The standard InChI is InChI=1S/C38H40Cl2N4O4/c1-47-33-17-23(9-11-25(33)19-41-21-27-13-15-35(45)43-27)29-5-3-7-31(37(29)39)32-8-4-6-30(38(32)40)24-10-12-26(34(18-24)48-2)20-42-22-28-14-16-36(46)44-28/h3-12,17-18,27-28,41-42H,13-16,19-22H2,1-2H3,(H,43,45)(H,44,46). The minimum absolute atomic E-state index is 0.114. The van der Waals surface area contributed by atoms with Gasteiger partial charge in [0.1, 0.15) is 11.5 Å². The Morgan fingerprint density at radius 1 is 0.646 bits per heavy atom. The lowest BCUT2D eigenvalue weighted by Gasteiger charge is -2.17. The van der Waals surface area contributed by atoms with E-state index in [1.165, 1.54) is 0 Å². The van der Waals surface area contributed by atoms with E-state index in [0.717, 1.165) is 68.8 Å². The van der Waals surface area contributed by atoms with Gasteiger partial charge in [-0.2, -0.15) is 0 Å². The largest absolute Gasteiger partial charge is 0.496 e. The van der Waals surface area contributed by atoms with Crippen molar-refractivity contribution in [3.63, 3.8) is 0 Å². The first-order chi connectivity index (χ1) is 23.3. The third kappa shape index (κ3) is 7.63. The van der Waals surface area contributed by atoms with Crippen molar-refractivity contribution < 1.29 is 19.1 Å². The maximum atomic E-state index is 11.5. The number of benzene rings is 4. The highest BCUT2D eigenvalue weighted by Gasteiger charge is 2.22. The molecule has 2 fully saturated rings. The number of halogens is 2. The summed E-state index contributed by atoms with van der Waals surface area (Å²) < 4.78 is 11.5. The summed E-state index contributed by atoms with van der Waals surface area (Å²) in [5.74, 6) is 1.75. The third-order valence-corrected chi connectivity index (χ3v) is 9.88. The van der Waals surface area contributed by atoms with Gasteiger partial charge in [-0.15, -0.1) is 0 Å².